The molecule has 0 fully saturated rings. The van der Waals surface area contributed by atoms with Gasteiger partial charge in [0.05, 0.1) is 19.9 Å². The summed E-state index contributed by atoms with van der Waals surface area (Å²) in [5.74, 6) is 1.61. The Labute approximate surface area is 141 Å². The molecule has 0 spiro atoms. The molecule has 0 aliphatic heterocycles. The van der Waals surface area contributed by atoms with Crippen molar-refractivity contribution in [2.45, 2.75) is 6.42 Å². The SMILES string of the molecule is COc1ccc(C/C(=N/NC(N)=S)c2ccc(OC)cc2)cc1. The molecule has 0 aromatic heterocycles. The highest BCUT2D eigenvalue weighted by atomic mass is 32.1. The highest BCUT2D eigenvalue weighted by molar-refractivity contribution is 7.80. The van der Waals surface area contributed by atoms with E-state index < -0.39 is 0 Å². The molecule has 0 aliphatic rings. The highest BCUT2D eigenvalue weighted by Gasteiger charge is 2.07. The number of nitrogens with zero attached hydrogens (tertiary/aromatic N) is 1. The maximum Gasteiger partial charge on any atom is 0.184 e. The van der Waals surface area contributed by atoms with Gasteiger partial charge in [0.25, 0.3) is 0 Å². The van der Waals surface area contributed by atoms with Crippen LogP contribution in [0.2, 0.25) is 0 Å². The van der Waals surface area contributed by atoms with Gasteiger partial charge in [-0.05, 0) is 59.7 Å². The summed E-state index contributed by atoms with van der Waals surface area (Å²) in [6, 6.07) is 15.5. The van der Waals surface area contributed by atoms with Crippen molar-refractivity contribution < 1.29 is 9.47 Å². The lowest BCUT2D eigenvalue weighted by atomic mass is 10.0. The molecule has 0 amide bonds. The summed E-state index contributed by atoms with van der Waals surface area (Å²) in [5, 5.41) is 4.45. The molecule has 6 heteroatoms. The molecule has 2 aromatic rings. The lowest BCUT2D eigenvalue weighted by Crippen LogP contribution is -2.26. The highest BCUT2D eigenvalue weighted by Crippen LogP contribution is 2.16. The first-order chi connectivity index (χ1) is 11.1. The Morgan fingerprint density at radius 1 is 1.00 bits per heavy atom. The van der Waals surface area contributed by atoms with Crippen LogP contribution in [0.5, 0.6) is 11.5 Å². The van der Waals surface area contributed by atoms with Gasteiger partial charge in [-0.15, -0.1) is 0 Å². The van der Waals surface area contributed by atoms with Crippen LogP contribution < -0.4 is 20.6 Å². The summed E-state index contributed by atoms with van der Waals surface area (Å²) < 4.78 is 10.4. The molecule has 0 bridgehead atoms. The van der Waals surface area contributed by atoms with E-state index in [2.05, 4.69) is 10.5 Å². The van der Waals surface area contributed by atoms with Crippen LogP contribution in [0.3, 0.4) is 0 Å². The summed E-state index contributed by atoms with van der Waals surface area (Å²) in [6.07, 6.45) is 0.631. The normalized spacial score (nSPS) is 11.0. The maximum atomic E-state index is 5.47. The molecule has 2 aromatic carbocycles. The molecule has 0 saturated carbocycles. The molecule has 120 valence electrons. The number of nitrogens with two attached hydrogens (primary N) is 1. The number of benzene rings is 2. The minimum absolute atomic E-state index is 0.130. The zero-order valence-corrected chi connectivity index (χ0v) is 13.9. The Morgan fingerprint density at radius 3 is 2.00 bits per heavy atom. The first kappa shape index (κ1) is 16.8. The minimum atomic E-state index is 0.130. The Balaban J connectivity index is 2.25. The molecule has 23 heavy (non-hydrogen) atoms. The van der Waals surface area contributed by atoms with Crippen LogP contribution in [0.1, 0.15) is 11.1 Å². The Morgan fingerprint density at radius 2 is 1.52 bits per heavy atom. The summed E-state index contributed by atoms with van der Waals surface area (Å²) in [7, 11) is 3.28. The second-order valence-corrected chi connectivity index (χ2v) is 5.23. The second kappa shape index (κ2) is 8.14. The lowest BCUT2D eigenvalue weighted by molar-refractivity contribution is 0.414. The van der Waals surface area contributed by atoms with Gasteiger partial charge in [0.2, 0.25) is 0 Å². The largest absolute Gasteiger partial charge is 0.497 e. The Hall–Kier alpha value is -2.60. The van der Waals surface area contributed by atoms with Crippen LogP contribution >= 0.6 is 12.2 Å². The van der Waals surface area contributed by atoms with Gasteiger partial charge >= 0.3 is 0 Å². The number of methoxy groups -OCH3 is 2. The summed E-state index contributed by atoms with van der Waals surface area (Å²) in [5.41, 5.74) is 11.0. The third kappa shape index (κ3) is 4.96. The molecule has 0 heterocycles. The van der Waals surface area contributed by atoms with Gasteiger partial charge in [0.1, 0.15) is 11.5 Å². The Kier molecular flexibility index (Phi) is 5.94. The molecular formula is C17H19N3O2S. The fourth-order valence-corrected chi connectivity index (χ4v) is 2.09. The monoisotopic (exact) mass is 329 g/mol. The van der Waals surface area contributed by atoms with Gasteiger partial charge < -0.3 is 15.2 Å². The van der Waals surface area contributed by atoms with E-state index in [1.807, 2.05) is 48.5 Å². The van der Waals surface area contributed by atoms with E-state index in [4.69, 9.17) is 27.4 Å². The zero-order valence-electron chi connectivity index (χ0n) is 13.1. The van der Waals surface area contributed by atoms with Gasteiger partial charge in [-0.3, -0.25) is 5.43 Å². The molecule has 0 aliphatic carbocycles. The molecule has 0 atom stereocenters. The number of hydrogen-bond donors (Lipinski definition) is 2. The third-order valence-corrected chi connectivity index (χ3v) is 3.35. The van der Waals surface area contributed by atoms with Crippen LogP contribution in [0, 0.1) is 0 Å². The van der Waals surface area contributed by atoms with Crippen molar-refractivity contribution in [3.05, 3.63) is 59.7 Å². The smallest absolute Gasteiger partial charge is 0.184 e. The summed E-state index contributed by atoms with van der Waals surface area (Å²) in [6.45, 7) is 0. The van der Waals surface area contributed by atoms with Gasteiger partial charge in [-0.2, -0.15) is 5.10 Å². The zero-order chi connectivity index (χ0) is 16.7. The predicted octanol–water partition coefficient (Wildman–Crippen LogP) is 2.48. The summed E-state index contributed by atoms with van der Waals surface area (Å²) in [4.78, 5) is 0. The fourth-order valence-electron chi connectivity index (χ4n) is 2.05. The van der Waals surface area contributed by atoms with E-state index in [-0.39, 0.29) is 5.11 Å². The van der Waals surface area contributed by atoms with Crippen molar-refractivity contribution in [2.24, 2.45) is 10.8 Å². The van der Waals surface area contributed by atoms with E-state index in [9.17, 15) is 0 Å². The molecule has 0 saturated heterocycles. The standard InChI is InChI=1S/C17H19N3O2S/c1-21-14-7-3-12(4-8-14)11-16(19-20-17(18)23)13-5-9-15(22-2)10-6-13/h3-10H,11H2,1-2H3,(H3,18,20,23)/b19-16-. The molecule has 0 radical (unpaired) electrons. The van der Waals surface area contributed by atoms with Gasteiger partial charge in [-0.1, -0.05) is 12.1 Å². The number of hydrogen-bond acceptors (Lipinski definition) is 4. The number of rotatable bonds is 6. The number of hydrazone groups is 1. The Bertz CT molecular complexity index is 682. The predicted molar refractivity (Wildman–Crippen MR) is 96.2 cm³/mol. The lowest BCUT2D eigenvalue weighted by Gasteiger charge is -2.09. The van der Waals surface area contributed by atoms with E-state index in [1.54, 1.807) is 14.2 Å². The molecular weight excluding hydrogens is 310 g/mol. The first-order valence-electron chi connectivity index (χ1n) is 7.01. The average Bonchev–Trinajstić information content (AvgIpc) is 2.59. The summed E-state index contributed by atoms with van der Waals surface area (Å²) >= 11 is 4.82. The maximum absolute atomic E-state index is 5.47. The number of ether oxygens (including phenoxy) is 2. The van der Waals surface area contributed by atoms with Crippen LogP contribution in [0.25, 0.3) is 0 Å². The van der Waals surface area contributed by atoms with Gasteiger partial charge in [0, 0.05) is 6.42 Å². The van der Waals surface area contributed by atoms with Crippen molar-refractivity contribution in [1.29, 1.82) is 0 Å². The minimum Gasteiger partial charge on any atom is -0.497 e. The van der Waals surface area contributed by atoms with E-state index in [1.165, 1.54) is 0 Å². The van der Waals surface area contributed by atoms with Crippen molar-refractivity contribution in [2.75, 3.05) is 14.2 Å². The van der Waals surface area contributed by atoms with Crippen molar-refractivity contribution >= 4 is 23.0 Å². The molecule has 0 unspecified atom stereocenters. The molecule has 3 N–H and O–H groups in total. The quantitative estimate of drug-likeness (QED) is 0.484. The van der Waals surface area contributed by atoms with Crippen LogP contribution in [-0.4, -0.2) is 25.0 Å². The fraction of sp³-hybridized carbons (Fsp3) is 0.176. The van der Waals surface area contributed by atoms with Gasteiger partial charge in [0.15, 0.2) is 5.11 Å². The van der Waals surface area contributed by atoms with E-state index >= 15 is 0 Å². The topological polar surface area (TPSA) is 68.9 Å². The first-order valence-corrected chi connectivity index (χ1v) is 7.42. The van der Waals surface area contributed by atoms with Crippen molar-refractivity contribution in [3.63, 3.8) is 0 Å². The number of thiocarbonyl (C=S) groups is 1. The van der Waals surface area contributed by atoms with Crippen molar-refractivity contribution in [3.8, 4) is 11.5 Å². The van der Waals surface area contributed by atoms with Gasteiger partial charge in [-0.25, -0.2) is 0 Å². The second-order valence-electron chi connectivity index (χ2n) is 4.79. The van der Waals surface area contributed by atoms with Crippen LogP contribution in [0.4, 0.5) is 0 Å². The van der Waals surface area contributed by atoms with Crippen molar-refractivity contribution in [1.82, 2.24) is 5.43 Å². The average molecular weight is 329 g/mol. The van der Waals surface area contributed by atoms with Crippen LogP contribution in [-0.2, 0) is 6.42 Å². The third-order valence-electron chi connectivity index (χ3n) is 3.25. The van der Waals surface area contributed by atoms with E-state index in [0.29, 0.717) is 6.42 Å². The molecule has 2 rings (SSSR count). The number of nitrogens with one attached hydrogen (secondary N) is 1. The van der Waals surface area contributed by atoms with Crippen LogP contribution in [0.15, 0.2) is 53.6 Å². The van der Waals surface area contributed by atoms with E-state index in [0.717, 1.165) is 28.3 Å². The molecule has 5 nitrogen and oxygen atoms in total.